The molecular weight excluding hydrogens is 359 g/mol. The van der Waals surface area contributed by atoms with Gasteiger partial charge in [-0.1, -0.05) is 17.3 Å². The van der Waals surface area contributed by atoms with Crippen molar-refractivity contribution >= 4 is 28.2 Å². The molecule has 1 aromatic carbocycles. The van der Waals surface area contributed by atoms with Gasteiger partial charge in [-0.15, -0.1) is 6.42 Å². The van der Waals surface area contributed by atoms with E-state index in [9.17, 15) is 14.0 Å². The monoisotopic (exact) mass is 376 g/mol. The van der Waals surface area contributed by atoms with Gasteiger partial charge in [0, 0.05) is 24.7 Å². The number of likely N-dealkylation sites (tertiary alicyclic amines) is 1. The van der Waals surface area contributed by atoms with Crippen LogP contribution < -0.4 is 11.5 Å². The Hall–Kier alpha value is -2.96. The molecule has 0 unspecified atom stereocenters. The summed E-state index contributed by atoms with van der Waals surface area (Å²) in [5.74, 6) is 1.01. The van der Waals surface area contributed by atoms with Crippen LogP contribution in [0.3, 0.4) is 0 Å². The SMILES string of the molecule is C#Cc1ccc(F)c(-c2nc(C(N)=O)c(N)s2)c1.CN1CC[C@H](O)C1=O. The van der Waals surface area contributed by atoms with Crippen LogP contribution in [0.2, 0.25) is 0 Å². The van der Waals surface area contributed by atoms with Crippen molar-refractivity contribution in [3.63, 3.8) is 0 Å². The molecule has 9 heteroatoms. The molecule has 7 nitrogen and oxygen atoms in total. The number of benzene rings is 1. The highest BCUT2D eigenvalue weighted by Gasteiger charge is 2.26. The van der Waals surface area contributed by atoms with Crippen molar-refractivity contribution in [3.05, 3.63) is 35.3 Å². The summed E-state index contributed by atoms with van der Waals surface area (Å²) in [6, 6.07) is 4.19. The average molecular weight is 376 g/mol. The second kappa shape index (κ2) is 7.95. The molecule has 3 rings (SSSR count). The van der Waals surface area contributed by atoms with E-state index in [4.69, 9.17) is 23.0 Å². The molecule has 1 aliphatic rings. The number of hydrogen-bond acceptors (Lipinski definition) is 6. The van der Waals surface area contributed by atoms with Crippen molar-refractivity contribution in [2.75, 3.05) is 19.3 Å². The molecular formula is C17H17FN4O3S. The molecule has 0 aliphatic carbocycles. The molecule has 0 saturated carbocycles. The van der Waals surface area contributed by atoms with E-state index in [-0.39, 0.29) is 27.2 Å². The van der Waals surface area contributed by atoms with Gasteiger partial charge in [0.1, 0.15) is 21.9 Å². The Morgan fingerprint density at radius 3 is 2.65 bits per heavy atom. The molecule has 136 valence electrons. The Morgan fingerprint density at radius 2 is 2.23 bits per heavy atom. The van der Waals surface area contributed by atoms with Gasteiger partial charge in [0.2, 0.25) is 0 Å². The molecule has 2 amide bonds. The highest BCUT2D eigenvalue weighted by Crippen LogP contribution is 2.31. The largest absolute Gasteiger partial charge is 0.389 e. The highest BCUT2D eigenvalue weighted by atomic mass is 32.1. The second-order valence-electron chi connectivity index (χ2n) is 5.50. The van der Waals surface area contributed by atoms with Crippen LogP contribution in [0.5, 0.6) is 0 Å². The first-order valence-electron chi connectivity index (χ1n) is 7.50. The maximum atomic E-state index is 13.7. The Labute approximate surface area is 153 Å². The summed E-state index contributed by atoms with van der Waals surface area (Å²) in [4.78, 5) is 27.1. The minimum Gasteiger partial charge on any atom is -0.389 e. The number of carbonyl (C=O) groups is 2. The van der Waals surface area contributed by atoms with Crippen LogP contribution in [0.4, 0.5) is 9.39 Å². The molecule has 26 heavy (non-hydrogen) atoms. The maximum Gasteiger partial charge on any atom is 0.270 e. The lowest BCUT2D eigenvalue weighted by Gasteiger charge is -2.04. The van der Waals surface area contributed by atoms with Crippen molar-refractivity contribution in [2.24, 2.45) is 5.73 Å². The number of halogens is 1. The van der Waals surface area contributed by atoms with Crippen molar-refractivity contribution in [3.8, 4) is 22.9 Å². The number of anilines is 1. The van der Waals surface area contributed by atoms with Crippen LogP contribution in [0, 0.1) is 18.2 Å². The van der Waals surface area contributed by atoms with Crippen LogP contribution in [0.15, 0.2) is 18.2 Å². The number of terminal acetylenes is 1. The third kappa shape index (κ3) is 4.17. The van der Waals surface area contributed by atoms with Crippen LogP contribution in [-0.4, -0.2) is 46.5 Å². The first kappa shape index (κ1) is 19.4. The van der Waals surface area contributed by atoms with E-state index in [2.05, 4.69) is 10.9 Å². The molecule has 1 saturated heterocycles. The Kier molecular flexibility index (Phi) is 5.92. The van der Waals surface area contributed by atoms with Gasteiger partial charge in [-0.25, -0.2) is 9.37 Å². The number of amides is 2. The normalized spacial score (nSPS) is 16.0. The number of carbonyl (C=O) groups excluding carboxylic acids is 2. The molecule has 1 aliphatic heterocycles. The number of primary amides is 1. The quantitative estimate of drug-likeness (QED) is 0.670. The van der Waals surface area contributed by atoms with Gasteiger partial charge in [-0.2, -0.15) is 0 Å². The molecule has 5 N–H and O–H groups in total. The lowest BCUT2D eigenvalue weighted by atomic mass is 10.1. The topological polar surface area (TPSA) is 123 Å². The van der Waals surface area contributed by atoms with Gasteiger partial charge < -0.3 is 21.5 Å². The van der Waals surface area contributed by atoms with E-state index < -0.39 is 17.8 Å². The van der Waals surface area contributed by atoms with Gasteiger partial charge in [0.15, 0.2) is 5.69 Å². The summed E-state index contributed by atoms with van der Waals surface area (Å²) in [6.45, 7) is 0.694. The number of aliphatic hydroxyl groups is 1. The fraction of sp³-hybridized carbons (Fsp3) is 0.235. The molecule has 0 spiro atoms. The van der Waals surface area contributed by atoms with Crippen LogP contribution in [0.1, 0.15) is 22.5 Å². The molecule has 1 aromatic heterocycles. The fourth-order valence-corrected chi connectivity index (χ4v) is 3.06. The van der Waals surface area contributed by atoms with Crippen molar-refractivity contribution in [2.45, 2.75) is 12.5 Å². The predicted molar refractivity (Wildman–Crippen MR) is 96.6 cm³/mol. The molecule has 2 heterocycles. The number of nitrogens with zero attached hydrogens (tertiary/aromatic N) is 2. The van der Waals surface area contributed by atoms with Gasteiger partial charge in [0.05, 0.1) is 0 Å². The zero-order chi connectivity index (χ0) is 19.4. The van der Waals surface area contributed by atoms with Gasteiger partial charge in [-0.3, -0.25) is 9.59 Å². The zero-order valence-electron chi connectivity index (χ0n) is 13.9. The molecule has 2 aromatic rings. The van der Waals surface area contributed by atoms with Crippen LogP contribution in [-0.2, 0) is 4.79 Å². The minimum atomic E-state index is -0.747. The summed E-state index contributed by atoms with van der Waals surface area (Å²) in [6.07, 6.45) is 5.11. The lowest BCUT2D eigenvalue weighted by Crippen LogP contribution is -2.24. The van der Waals surface area contributed by atoms with Gasteiger partial charge in [0.25, 0.3) is 11.8 Å². The standard InChI is InChI=1S/C12H8FN3OS.C5H9NO2/c1-2-6-3-4-8(13)7(5-6)12-16-9(10(14)17)11(15)18-12;1-6-3-2-4(7)5(6)8/h1,3-5H,15H2,(H2,14,17);4,7H,2-3H2,1H3/t;4-/m.0/s1. The lowest BCUT2D eigenvalue weighted by molar-refractivity contribution is -0.133. The van der Waals surface area contributed by atoms with Crippen molar-refractivity contribution < 1.29 is 19.1 Å². The number of likely N-dealkylation sites (N-methyl/N-ethyl adjacent to an activating group) is 1. The highest BCUT2D eigenvalue weighted by molar-refractivity contribution is 7.19. The Morgan fingerprint density at radius 1 is 1.54 bits per heavy atom. The number of aliphatic hydroxyl groups excluding tert-OH is 1. The van der Waals surface area contributed by atoms with E-state index in [1.165, 1.54) is 23.1 Å². The van der Waals surface area contributed by atoms with Crippen molar-refractivity contribution in [1.29, 1.82) is 0 Å². The number of hydrogen-bond donors (Lipinski definition) is 3. The molecule has 1 fully saturated rings. The van der Waals surface area contributed by atoms with Crippen molar-refractivity contribution in [1.82, 2.24) is 9.88 Å². The van der Waals surface area contributed by atoms with Crippen LogP contribution in [0.25, 0.3) is 10.6 Å². The van der Waals surface area contributed by atoms with E-state index in [0.717, 1.165) is 11.3 Å². The first-order chi connectivity index (χ1) is 12.2. The summed E-state index contributed by atoms with van der Waals surface area (Å²) >= 11 is 0.986. The van der Waals surface area contributed by atoms with Crippen LogP contribution >= 0.6 is 11.3 Å². The molecule has 0 radical (unpaired) electrons. The molecule has 0 bridgehead atoms. The number of nitrogens with two attached hydrogens (primary N) is 2. The summed E-state index contributed by atoms with van der Waals surface area (Å²) in [5.41, 5.74) is 11.4. The average Bonchev–Trinajstić information content (AvgIpc) is 3.13. The Balaban J connectivity index is 0.000000254. The van der Waals surface area contributed by atoms with E-state index in [1.54, 1.807) is 7.05 Å². The minimum absolute atomic E-state index is 0.0551. The summed E-state index contributed by atoms with van der Waals surface area (Å²) < 4.78 is 13.7. The second-order valence-corrected chi connectivity index (χ2v) is 6.53. The van der Waals surface area contributed by atoms with E-state index in [0.29, 0.717) is 18.5 Å². The predicted octanol–water partition coefficient (Wildman–Crippen LogP) is 0.821. The first-order valence-corrected chi connectivity index (χ1v) is 8.32. The smallest absolute Gasteiger partial charge is 0.270 e. The zero-order valence-corrected chi connectivity index (χ0v) is 14.7. The summed E-state index contributed by atoms with van der Waals surface area (Å²) in [7, 11) is 1.69. The van der Waals surface area contributed by atoms with E-state index in [1.807, 2.05) is 0 Å². The number of rotatable bonds is 2. The van der Waals surface area contributed by atoms with Gasteiger partial charge in [-0.05, 0) is 24.6 Å². The van der Waals surface area contributed by atoms with Gasteiger partial charge >= 0.3 is 0 Å². The summed E-state index contributed by atoms with van der Waals surface area (Å²) in [5, 5.41) is 9.21. The number of nitrogen functional groups attached to an aromatic ring is 1. The third-order valence-corrected chi connectivity index (χ3v) is 4.57. The third-order valence-electron chi connectivity index (χ3n) is 3.65. The van der Waals surface area contributed by atoms with E-state index >= 15 is 0 Å². The Bertz CT molecular complexity index is 879. The maximum absolute atomic E-state index is 13.7. The number of aromatic nitrogens is 1. The molecule has 1 atom stereocenters. The fourth-order valence-electron chi connectivity index (χ4n) is 2.21. The number of thiazole rings is 1.